The minimum Gasteiger partial charge on any atom is -0.492 e. The fraction of sp³-hybridized carbons (Fsp3) is 0.400. The summed E-state index contributed by atoms with van der Waals surface area (Å²) in [6.07, 6.45) is 0.479. The number of hydrogen-bond acceptors (Lipinski definition) is 6. The highest BCUT2D eigenvalue weighted by molar-refractivity contribution is 7.90. The van der Waals surface area contributed by atoms with Crippen molar-refractivity contribution in [3.63, 3.8) is 0 Å². The van der Waals surface area contributed by atoms with Gasteiger partial charge in [0.15, 0.2) is 9.84 Å². The normalized spacial score (nSPS) is 13.8. The first kappa shape index (κ1) is 21.2. The maximum atomic E-state index is 11.6. The third-order valence-electron chi connectivity index (χ3n) is 3.93. The van der Waals surface area contributed by atoms with E-state index in [1.54, 1.807) is 19.1 Å². The Morgan fingerprint density at radius 2 is 1.70 bits per heavy atom. The number of ether oxygens (including phenoxy) is 2. The van der Waals surface area contributed by atoms with Gasteiger partial charge in [0, 0.05) is 18.8 Å². The van der Waals surface area contributed by atoms with Crippen LogP contribution in [-0.2, 0) is 9.84 Å². The molecule has 0 saturated heterocycles. The van der Waals surface area contributed by atoms with Gasteiger partial charge in [-0.3, -0.25) is 0 Å². The van der Waals surface area contributed by atoms with Crippen LogP contribution in [0.1, 0.15) is 12.5 Å². The quantitative estimate of drug-likeness (QED) is 0.644. The highest BCUT2D eigenvalue weighted by atomic mass is 32.2. The topological polar surface area (TPSA) is 84.9 Å². The molecule has 0 aliphatic rings. The van der Waals surface area contributed by atoms with Crippen molar-refractivity contribution in [3.05, 3.63) is 54.1 Å². The van der Waals surface area contributed by atoms with E-state index in [1.807, 2.05) is 37.3 Å². The zero-order valence-electron chi connectivity index (χ0n) is 15.9. The van der Waals surface area contributed by atoms with Crippen molar-refractivity contribution in [2.45, 2.75) is 30.9 Å². The molecule has 0 bridgehead atoms. The number of sulfone groups is 1. The molecule has 7 heteroatoms. The average Bonchev–Trinajstić information content (AvgIpc) is 2.63. The van der Waals surface area contributed by atoms with Gasteiger partial charge in [0.2, 0.25) is 0 Å². The molecular weight excluding hydrogens is 366 g/mol. The first-order valence-electron chi connectivity index (χ1n) is 8.78. The van der Waals surface area contributed by atoms with Gasteiger partial charge in [0.1, 0.15) is 30.8 Å². The van der Waals surface area contributed by atoms with Crippen molar-refractivity contribution in [1.29, 1.82) is 0 Å². The van der Waals surface area contributed by atoms with Crippen LogP contribution < -0.4 is 14.8 Å². The molecule has 2 atom stereocenters. The van der Waals surface area contributed by atoms with E-state index >= 15 is 0 Å². The molecule has 0 radical (unpaired) electrons. The summed E-state index contributed by atoms with van der Waals surface area (Å²) in [4.78, 5) is 0.282. The molecule has 0 amide bonds. The van der Waals surface area contributed by atoms with Crippen LogP contribution in [0.5, 0.6) is 11.5 Å². The predicted molar refractivity (Wildman–Crippen MR) is 105 cm³/mol. The van der Waals surface area contributed by atoms with Crippen molar-refractivity contribution in [1.82, 2.24) is 5.32 Å². The Labute approximate surface area is 161 Å². The fourth-order valence-electron chi connectivity index (χ4n) is 2.51. The van der Waals surface area contributed by atoms with E-state index in [9.17, 15) is 13.5 Å². The highest BCUT2D eigenvalue weighted by Crippen LogP contribution is 2.21. The number of nitrogens with one attached hydrogen (secondary N) is 1. The summed E-state index contributed by atoms with van der Waals surface area (Å²) >= 11 is 0. The Morgan fingerprint density at radius 3 is 2.33 bits per heavy atom. The maximum Gasteiger partial charge on any atom is 0.175 e. The average molecular weight is 394 g/mol. The van der Waals surface area contributed by atoms with Crippen LogP contribution in [0.25, 0.3) is 0 Å². The molecule has 27 heavy (non-hydrogen) atoms. The molecule has 2 aromatic carbocycles. The molecule has 148 valence electrons. The van der Waals surface area contributed by atoms with Gasteiger partial charge in [-0.1, -0.05) is 18.2 Å². The lowest BCUT2D eigenvalue weighted by Gasteiger charge is -2.18. The Hall–Kier alpha value is -2.09. The number of rotatable bonds is 10. The van der Waals surface area contributed by atoms with Gasteiger partial charge < -0.3 is 19.9 Å². The molecule has 0 aromatic heterocycles. The van der Waals surface area contributed by atoms with Crippen molar-refractivity contribution in [2.75, 3.05) is 26.0 Å². The van der Waals surface area contributed by atoms with Crippen molar-refractivity contribution in [2.24, 2.45) is 0 Å². The maximum absolute atomic E-state index is 11.6. The van der Waals surface area contributed by atoms with E-state index in [1.165, 1.54) is 12.3 Å². The standard InChI is InChI=1S/C20H27NO5S/c1-15-11-19(9-10-20(15)27(3,23)24)26-14-17(22)12-21-16(2)13-25-18-7-5-4-6-8-18/h4-11,16-17,21-22H,12-14H2,1-3H3. The summed E-state index contributed by atoms with van der Waals surface area (Å²) in [5.41, 5.74) is 0.620. The minimum absolute atomic E-state index is 0.0659. The molecule has 0 fully saturated rings. The zero-order chi connectivity index (χ0) is 19.9. The number of para-hydroxylation sites is 1. The molecule has 2 N–H and O–H groups in total. The van der Waals surface area contributed by atoms with E-state index in [4.69, 9.17) is 9.47 Å². The molecule has 0 spiro atoms. The van der Waals surface area contributed by atoms with Crippen LogP contribution in [0, 0.1) is 6.92 Å². The first-order chi connectivity index (χ1) is 12.8. The second-order valence-electron chi connectivity index (χ2n) is 6.60. The fourth-order valence-corrected chi connectivity index (χ4v) is 3.47. The molecule has 6 nitrogen and oxygen atoms in total. The van der Waals surface area contributed by atoms with Gasteiger partial charge in [-0.2, -0.15) is 0 Å². The lowest BCUT2D eigenvalue weighted by atomic mass is 10.2. The Morgan fingerprint density at radius 1 is 1.04 bits per heavy atom. The predicted octanol–water partition coefficient (Wildman–Crippen LogP) is 2.20. The van der Waals surface area contributed by atoms with Crippen LogP contribution in [0.3, 0.4) is 0 Å². The second-order valence-corrected chi connectivity index (χ2v) is 8.58. The molecule has 0 aliphatic carbocycles. The van der Waals surface area contributed by atoms with Crippen LogP contribution in [0.4, 0.5) is 0 Å². The Balaban J connectivity index is 1.73. The summed E-state index contributed by atoms with van der Waals surface area (Å²) in [6.45, 7) is 4.65. The SMILES string of the molecule is Cc1cc(OCC(O)CNC(C)COc2ccccc2)ccc1S(C)(=O)=O. The van der Waals surface area contributed by atoms with E-state index in [-0.39, 0.29) is 17.5 Å². The van der Waals surface area contributed by atoms with Gasteiger partial charge in [-0.05, 0) is 49.7 Å². The van der Waals surface area contributed by atoms with Gasteiger partial charge in [0.05, 0.1) is 4.90 Å². The van der Waals surface area contributed by atoms with Crippen molar-refractivity contribution >= 4 is 9.84 Å². The number of hydrogen-bond donors (Lipinski definition) is 2. The molecule has 2 rings (SSSR count). The number of aliphatic hydroxyl groups excluding tert-OH is 1. The Kier molecular flexibility index (Phi) is 7.65. The van der Waals surface area contributed by atoms with Gasteiger partial charge in [-0.15, -0.1) is 0 Å². The van der Waals surface area contributed by atoms with E-state index in [2.05, 4.69) is 5.32 Å². The lowest BCUT2D eigenvalue weighted by molar-refractivity contribution is 0.101. The summed E-state index contributed by atoms with van der Waals surface area (Å²) in [5.74, 6) is 1.34. The summed E-state index contributed by atoms with van der Waals surface area (Å²) < 4.78 is 34.5. The summed E-state index contributed by atoms with van der Waals surface area (Å²) in [6, 6.07) is 14.4. The Bertz CT molecular complexity index is 824. The molecule has 2 unspecified atom stereocenters. The van der Waals surface area contributed by atoms with Crippen LogP contribution >= 0.6 is 0 Å². The van der Waals surface area contributed by atoms with Crippen LogP contribution in [0.15, 0.2) is 53.4 Å². The highest BCUT2D eigenvalue weighted by Gasteiger charge is 2.13. The second kappa shape index (κ2) is 9.73. The van der Waals surface area contributed by atoms with E-state index in [0.29, 0.717) is 24.5 Å². The first-order valence-corrected chi connectivity index (χ1v) is 10.7. The minimum atomic E-state index is -3.25. The number of aliphatic hydroxyl groups is 1. The van der Waals surface area contributed by atoms with Crippen molar-refractivity contribution < 1.29 is 23.0 Å². The third-order valence-corrected chi connectivity index (χ3v) is 5.19. The van der Waals surface area contributed by atoms with Crippen LogP contribution in [-0.4, -0.2) is 51.7 Å². The molecular formula is C20H27NO5S. The lowest BCUT2D eigenvalue weighted by Crippen LogP contribution is -2.39. The van der Waals surface area contributed by atoms with E-state index in [0.717, 1.165) is 5.75 Å². The number of benzene rings is 2. The van der Waals surface area contributed by atoms with Gasteiger partial charge in [-0.25, -0.2) is 8.42 Å². The largest absolute Gasteiger partial charge is 0.492 e. The van der Waals surface area contributed by atoms with Crippen molar-refractivity contribution in [3.8, 4) is 11.5 Å². The van der Waals surface area contributed by atoms with Crippen LogP contribution in [0.2, 0.25) is 0 Å². The van der Waals surface area contributed by atoms with Gasteiger partial charge in [0.25, 0.3) is 0 Å². The smallest absolute Gasteiger partial charge is 0.175 e. The summed E-state index contributed by atoms with van der Waals surface area (Å²) in [5, 5.41) is 13.3. The molecule has 0 aliphatic heterocycles. The molecule has 0 heterocycles. The zero-order valence-corrected chi connectivity index (χ0v) is 16.7. The number of aryl methyl sites for hydroxylation is 1. The van der Waals surface area contributed by atoms with E-state index < -0.39 is 15.9 Å². The molecule has 2 aromatic rings. The third kappa shape index (κ3) is 7.21. The van der Waals surface area contributed by atoms with Gasteiger partial charge >= 0.3 is 0 Å². The monoisotopic (exact) mass is 393 g/mol. The summed E-state index contributed by atoms with van der Waals surface area (Å²) in [7, 11) is -3.25. The molecule has 0 saturated carbocycles.